The van der Waals surface area contributed by atoms with Gasteiger partial charge in [-0.05, 0) is 55.1 Å². The number of hydrogen-bond donors (Lipinski definition) is 0. The average molecular weight is 232 g/mol. The Balaban J connectivity index is 2.32. The van der Waals surface area contributed by atoms with Gasteiger partial charge in [-0.15, -0.1) is 0 Å². The second kappa shape index (κ2) is 4.25. The van der Waals surface area contributed by atoms with E-state index in [0.717, 1.165) is 37.5 Å². The Kier molecular flexibility index (Phi) is 3.07. The third-order valence-electron chi connectivity index (χ3n) is 4.67. The van der Waals surface area contributed by atoms with Crippen LogP contribution in [0.15, 0.2) is 23.3 Å². The van der Waals surface area contributed by atoms with Crippen LogP contribution in [-0.4, -0.2) is 12.1 Å². The van der Waals surface area contributed by atoms with Crippen LogP contribution in [-0.2, 0) is 9.59 Å². The Morgan fingerprint density at radius 1 is 1.47 bits per heavy atom. The number of Topliss-reactive ketones (excluding diaryl/α,β-unsaturated/α-hetero) is 1. The van der Waals surface area contributed by atoms with Crippen molar-refractivity contribution < 1.29 is 9.59 Å². The van der Waals surface area contributed by atoms with Gasteiger partial charge >= 0.3 is 0 Å². The van der Waals surface area contributed by atoms with Crippen LogP contribution in [0.5, 0.6) is 0 Å². The van der Waals surface area contributed by atoms with Gasteiger partial charge in [0, 0.05) is 6.42 Å². The fourth-order valence-electron chi connectivity index (χ4n) is 3.28. The van der Waals surface area contributed by atoms with E-state index in [0.29, 0.717) is 12.0 Å². The summed E-state index contributed by atoms with van der Waals surface area (Å²) < 4.78 is 0. The van der Waals surface area contributed by atoms with Crippen molar-refractivity contribution in [2.24, 2.45) is 11.3 Å². The lowest BCUT2D eigenvalue weighted by Crippen LogP contribution is -2.34. The van der Waals surface area contributed by atoms with Crippen molar-refractivity contribution in [3.05, 3.63) is 23.3 Å². The van der Waals surface area contributed by atoms with Gasteiger partial charge in [0.1, 0.15) is 6.29 Å². The molecule has 0 aliphatic heterocycles. The summed E-state index contributed by atoms with van der Waals surface area (Å²) in [5.41, 5.74) is 3.11. The van der Waals surface area contributed by atoms with Gasteiger partial charge in [0.05, 0.1) is 0 Å². The first-order chi connectivity index (χ1) is 7.98. The molecule has 1 saturated carbocycles. The zero-order chi connectivity index (χ0) is 12.6. The van der Waals surface area contributed by atoms with Crippen LogP contribution < -0.4 is 0 Å². The third kappa shape index (κ3) is 2.01. The quantitative estimate of drug-likeness (QED) is 0.541. The molecule has 2 nitrogen and oxygen atoms in total. The summed E-state index contributed by atoms with van der Waals surface area (Å²) in [6.45, 7) is 8.03. The van der Waals surface area contributed by atoms with Crippen molar-refractivity contribution in [2.45, 2.75) is 46.0 Å². The summed E-state index contributed by atoms with van der Waals surface area (Å²) in [5.74, 6) is 0.534. The molecule has 0 N–H and O–H groups in total. The predicted octanol–water partition coefficient (Wildman–Crippen LogP) is 3.23. The highest BCUT2D eigenvalue weighted by Crippen LogP contribution is 2.51. The molecule has 0 unspecified atom stereocenters. The van der Waals surface area contributed by atoms with Crippen molar-refractivity contribution in [2.75, 3.05) is 0 Å². The van der Waals surface area contributed by atoms with Gasteiger partial charge in [-0.1, -0.05) is 19.1 Å². The Bertz CT molecular complexity index is 417. The van der Waals surface area contributed by atoms with E-state index in [-0.39, 0.29) is 17.1 Å². The molecule has 0 aromatic rings. The lowest BCUT2D eigenvalue weighted by Gasteiger charge is -2.43. The molecule has 0 aromatic heterocycles. The van der Waals surface area contributed by atoms with Gasteiger partial charge in [0.2, 0.25) is 0 Å². The highest BCUT2D eigenvalue weighted by molar-refractivity contribution is 5.96. The normalized spacial score (nSPS) is 33.3. The number of aldehydes is 1. The van der Waals surface area contributed by atoms with E-state index >= 15 is 0 Å². The third-order valence-corrected chi connectivity index (χ3v) is 4.67. The highest BCUT2D eigenvalue weighted by Gasteiger charge is 2.40. The van der Waals surface area contributed by atoms with Crippen LogP contribution in [0.4, 0.5) is 0 Å². The van der Waals surface area contributed by atoms with Gasteiger partial charge in [-0.25, -0.2) is 0 Å². The molecular weight excluding hydrogens is 212 g/mol. The molecule has 2 atom stereocenters. The van der Waals surface area contributed by atoms with E-state index in [1.54, 1.807) is 0 Å². The Morgan fingerprint density at radius 3 is 2.82 bits per heavy atom. The molecule has 0 radical (unpaired) electrons. The minimum absolute atomic E-state index is 0.192. The first-order valence-corrected chi connectivity index (χ1v) is 6.35. The molecule has 0 amide bonds. The Morgan fingerprint density at radius 2 is 2.18 bits per heavy atom. The van der Waals surface area contributed by atoms with Crippen molar-refractivity contribution in [3.63, 3.8) is 0 Å². The van der Waals surface area contributed by atoms with Crippen LogP contribution >= 0.6 is 0 Å². The van der Waals surface area contributed by atoms with Crippen LogP contribution in [0.1, 0.15) is 46.0 Å². The van der Waals surface area contributed by atoms with Crippen LogP contribution in [0.2, 0.25) is 0 Å². The maximum atomic E-state index is 11.8. The Hall–Kier alpha value is -1.18. The van der Waals surface area contributed by atoms with Crippen LogP contribution in [0.3, 0.4) is 0 Å². The molecule has 2 aliphatic carbocycles. The summed E-state index contributed by atoms with van der Waals surface area (Å²) in [6.07, 6.45) is 5.48. The molecule has 0 spiro atoms. The molecule has 2 aliphatic rings. The minimum Gasteiger partial charge on any atom is -0.298 e. The monoisotopic (exact) mass is 232 g/mol. The molecule has 1 fully saturated rings. The second-order valence-electron chi connectivity index (χ2n) is 5.72. The number of carbonyl (C=O) groups is 2. The maximum Gasteiger partial charge on any atom is 0.158 e. The number of rotatable bonds is 2. The number of hydrogen-bond acceptors (Lipinski definition) is 2. The van der Waals surface area contributed by atoms with Gasteiger partial charge in [0.15, 0.2) is 5.78 Å². The van der Waals surface area contributed by atoms with Crippen molar-refractivity contribution in [1.82, 2.24) is 0 Å². The summed E-state index contributed by atoms with van der Waals surface area (Å²) >= 11 is 0. The lowest BCUT2D eigenvalue weighted by atomic mass is 9.61. The molecule has 0 bridgehead atoms. The largest absolute Gasteiger partial charge is 0.298 e. The number of fused-ring (bicyclic) bond motifs is 1. The Labute approximate surface area is 103 Å². The van der Waals surface area contributed by atoms with Crippen LogP contribution in [0, 0.1) is 11.3 Å². The van der Waals surface area contributed by atoms with Gasteiger partial charge < -0.3 is 0 Å². The summed E-state index contributed by atoms with van der Waals surface area (Å²) in [4.78, 5) is 22.6. The maximum absolute atomic E-state index is 11.8. The van der Waals surface area contributed by atoms with E-state index in [4.69, 9.17) is 0 Å². The first kappa shape index (κ1) is 12.3. The topological polar surface area (TPSA) is 34.1 Å². The first-order valence-electron chi connectivity index (χ1n) is 6.35. The SMILES string of the molecule is C=C(C=O)[C@@H]1CC[C@@]2(C)CCC(=O)C(C)=C2C1. The van der Waals surface area contributed by atoms with E-state index in [1.807, 2.05) is 6.92 Å². The minimum atomic E-state index is 0.192. The van der Waals surface area contributed by atoms with E-state index < -0.39 is 0 Å². The predicted molar refractivity (Wildman–Crippen MR) is 67.6 cm³/mol. The standard InChI is InChI=1S/C15H20O2/c1-10(9-16)12-4-6-15(3)7-5-14(17)11(2)13(15)8-12/h9,12H,1,4-8H2,2-3H3/t12-,15+/m1/s1. The highest BCUT2D eigenvalue weighted by atomic mass is 16.1. The van der Waals surface area contributed by atoms with Crippen molar-refractivity contribution in [3.8, 4) is 0 Å². The molecule has 17 heavy (non-hydrogen) atoms. The second-order valence-corrected chi connectivity index (χ2v) is 5.72. The average Bonchev–Trinajstić information content (AvgIpc) is 2.33. The van der Waals surface area contributed by atoms with Gasteiger partial charge in [-0.3, -0.25) is 9.59 Å². The van der Waals surface area contributed by atoms with Gasteiger partial charge in [-0.2, -0.15) is 0 Å². The number of ketones is 1. The van der Waals surface area contributed by atoms with Crippen LogP contribution in [0.25, 0.3) is 0 Å². The van der Waals surface area contributed by atoms with E-state index in [9.17, 15) is 9.59 Å². The summed E-state index contributed by atoms with van der Waals surface area (Å²) in [6, 6.07) is 0. The number of carbonyl (C=O) groups excluding carboxylic acids is 2. The molecule has 0 saturated heterocycles. The molecule has 0 heterocycles. The van der Waals surface area contributed by atoms with Crippen molar-refractivity contribution >= 4 is 12.1 Å². The molecule has 92 valence electrons. The zero-order valence-corrected chi connectivity index (χ0v) is 10.7. The fourth-order valence-corrected chi connectivity index (χ4v) is 3.28. The number of allylic oxidation sites excluding steroid dienone is 3. The smallest absolute Gasteiger partial charge is 0.158 e. The fraction of sp³-hybridized carbons (Fsp3) is 0.600. The molecule has 2 rings (SSSR count). The van der Waals surface area contributed by atoms with Gasteiger partial charge in [0.25, 0.3) is 0 Å². The molecule has 0 aromatic carbocycles. The molecular formula is C15H20O2. The van der Waals surface area contributed by atoms with E-state index in [1.165, 1.54) is 5.57 Å². The summed E-state index contributed by atoms with van der Waals surface area (Å²) in [5, 5.41) is 0. The van der Waals surface area contributed by atoms with Crippen molar-refractivity contribution in [1.29, 1.82) is 0 Å². The summed E-state index contributed by atoms with van der Waals surface area (Å²) in [7, 11) is 0. The molecule has 2 heteroatoms. The lowest BCUT2D eigenvalue weighted by molar-refractivity contribution is -0.117. The zero-order valence-electron chi connectivity index (χ0n) is 10.7. The van der Waals surface area contributed by atoms with E-state index in [2.05, 4.69) is 13.5 Å².